The average molecular weight is 270 g/mol. The number of aromatic nitrogens is 1. The Morgan fingerprint density at radius 2 is 2.17 bits per heavy atom. The van der Waals surface area contributed by atoms with E-state index in [1.54, 1.807) is 25.2 Å². The van der Waals surface area contributed by atoms with E-state index in [-0.39, 0.29) is 29.2 Å². The van der Waals surface area contributed by atoms with Gasteiger partial charge < -0.3 is 10.2 Å². The van der Waals surface area contributed by atoms with Crippen molar-refractivity contribution in [3.8, 4) is 0 Å². The highest BCUT2D eigenvalue weighted by Gasteiger charge is 2.15. The fourth-order valence-corrected chi connectivity index (χ4v) is 1.49. The van der Waals surface area contributed by atoms with Crippen molar-refractivity contribution in [2.45, 2.75) is 13.3 Å². The van der Waals surface area contributed by atoms with Gasteiger partial charge in [-0.05, 0) is 18.6 Å². The highest BCUT2D eigenvalue weighted by Crippen LogP contribution is 2.06. The third-order valence-corrected chi connectivity index (χ3v) is 2.44. The topological polar surface area (TPSA) is 62.3 Å². The summed E-state index contributed by atoms with van der Waals surface area (Å²) in [6.45, 7) is 2.58. The maximum atomic E-state index is 11.9. The molecule has 98 valence electrons. The molecular weight excluding hydrogens is 254 g/mol. The lowest BCUT2D eigenvalue weighted by Gasteiger charge is -2.16. The first-order chi connectivity index (χ1) is 8.54. The van der Waals surface area contributed by atoms with E-state index in [4.69, 9.17) is 11.6 Å². The molecular formula is C12H16ClN3O2. The second kappa shape index (κ2) is 6.96. The number of likely N-dealkylation sites (N-methyl/N-ethyl adjacent to an activating group) is 1. The van der Waals surface area contributed by atoms with Gasteiger partial charge in [0.2, 0.25) is 5.91 Å². The van der Waals surface area contributed by atoms with Crippen molar-refractivity contribution >= 4 is 23.4 Å². The SMILES string of the molecule is CCCNC(=O)CN(C)C(=O)c1cccc(Cl)n1. The van der Waals surface area contributed by atoms with Gasteiger partial charge in [-0.3, -0.25) is 9.59 Å². The van der Waals surface area contributed by atoms with Crippen LogP contribution in [0.15, 0.2) is 18.2 Å². The summed E-state index contributed by atoms with van der Waals surface area (Å²) < 4.78 is 0. The van der Waals surface area contributed by atoms with Crippen molar-refractivity contribution < 1.29 is 9.59 Å². The molecule has 0 saturated carbocycles. The van der Waals surface area contributed by atoms with Crippen LogP contribution in [0.5, 0.6) is 0 Å². The minimum atomic E-state index is -0.329. The average Bonchev–Trinajstić information content (AvgIpc) is 2.35. The molecule has 18 heavy (non-hydrogen) atoms. The third-order valence-electron chi connectivity index (χ3n) is 2.23. The Balaban J connectivity index is 2.59. The Morgan fingerprint density at radius 1 is 1.44 bits per heavy atom. The normalized spacial score (nSPS) is 9.94. The van der Waals surface area contributed by atoms with Crippen molar-refractivity contribution in [2.75, 3.05) is 20.1 Å². The fraction of sp³-hybridized carbons (Fsp3) is 0.417. The fourth-order valence-electron chi connectivity index (χ4n) is 1.33. The summed E-state index contributed by atoms with van der Waals surface area (Å²) in [4.78, 5) is 28.6. The molecule has 0 spiro atoms. The van der Waals surface area contributed by atoms with Crippen LogP contribution in [0.1, 0.15) is 23.8 Å². The zero-order chi connectivity index (χ0) is 13.5. The smallest absolute Gasteiger partial charge is 0.272 e. The van der Waals surface area contributed by atoms with Gasteiger partial charge in [0.05, 0.1) is 6.54 Å². The summed E-state index contributed by atoms with van der Waals surface area (Å²) in [5.41, 5.74) is 0.230. The molecule has 0 saturated heterocycles. The Labute approximate surface area is 111 Å². The Bertz CT molecular complexity index is 437. The lowest BCUT2D eigenvalue weighted by atomic mass is 10.3. The van der Waals surface area contributed by atoms with Crippen molar-refractivity contribution in [3.63, 3.8) is 0 Å². The van der Waals surface area contributed by atoms with Gasteiger partial charge in [0.1, 0.15) is 10.8 Å². The van der Waals surface area contributed by atoms with Crippen molar-refractivity contribution in [2.24, 2.45) is 0 Å². The predicted octanol–water partition coefficient (Wildman–Crippen LogP) is 1.33. The van der Waals surface area contributed by atoms with Crippen LogP contribution in [0.4, 0.5) is 0 Å². The Hall–Kier alpha value is -1.62. The number of carbonyl (C=O) groups is 2. The first-order valence-corrected chi connectivity index (χ1v) is 6.07. The summed E-state index contributed by atoms with van der Waals surface area (Å²) in [6.07, 6.45) is 0.860. The largest absolute Gasteiger partial charge is 0.355 e. The highest BCUT2D eigenvalue weighted by molar-refractivity contribution is 6.29. The molecule has 0 atom stereocenters. The van der Waals surface area contributed by atoms with E-state index in [0.717, 1.165) is 6.42 Å². The molecule has 1 heterocycles. The van der Waals surface area contributed by atoms with Crippen molar-refractivity contribution in [1.29, 1.82) is 0 Å². The van der Waals surface area contributed by atoms with Crippen LogP contribution in [-0.2, 0) is 4.79 Å². The number of rotatable bonds is 5. The molecule has 5 nitrogen and oxygen atoms in total. The van der Waals surface area contributed by atoms with E-state index in [1.807, 2.05) is 6.92 Å². The van der Waals surface area contributed by atoms with Crippen molar-refractivity contribution in [1.82, 2.24) is 15.2 Å². The number of halogens is 1. The number of nitrogens with zero attached hydrogens (tertiary/aromatic N) is 2. The van der Waals surface area contributed by atoms with Crippen LogP contribution >= 0.6 is 11.6 Å². The highest BCUT2D eigenvalue weighted by atomic mass is 35.5. The summed E-state index contributed by atoms with van der Waals surface area (Å²) in [5.74, 6) is -0.515. The second-order valence-corrected chi connectivity index (χ2v) is 4.24. The number of nitrogens with one attached hydrogen (secondary N) is 1. The number of hydrogen-bond donors (Lipinski definition) is 1. The molecule has 2 amide bonds. The summed E-state index contributed by atoms with van der Waals surface area (Å²) in [6, 6.07) is 4.80. The van der Waals surface area contributed by atoms with Gasteiger partial charge in [0, 0.05) is 13.6 Å². The molecule has 1 N–H and O–H groups in total. The summed E-state index contributed by atoms with van der Waals surface area (Å²) >= 11 is 5.71. The van der Waals surface area contributed by atoms with Crippen LogP contribution in [0.2, 0.25) is 5.15 Å². The quantitative estimate of drug-likeness (QED) is 0.821. The Kier molecular flexibility index (Phi) is 5.58. The first kappa shape index (κ1) is 14.4. The monoisotopic (exact) mass is 269 g/mol. The lowest BCUT2D eigenvalue weighted by Crippen LogP contribution is -2.38. The van der Waals surface area contributed by atoms with Gasteiger partial charge in [-0.2, -0.15) is 0 Å². The molecule has 0 aromatic carbocycles. The molecule has 0 radical (unpaired) electrons. The zero-order valence-electron chi connectivity index (χ0n) is 10.4. The van der Waals surface area contributed by atoms with E-state index in [9.17, 15) is 9.59 Å². The van der Waals surface area contributed by atoms with E-state index in [1.165, 1.54) is 4.90 Å². The number of amides is 2. The van der Waals surface area contributed by atoms with Crippen LogP contribution in [0.3, 0.4) is 0 Å². The van der Waals surface area contributed by atoms with Gasteiger partial charge >= 0.3 is 0 Å². The number of carbonyl (C=O) groups excluding carboxylic acids is 2. The maximum absolute atomic E-state index is 11.9. The van der Waals surface area contributed by atoms with Gasteiger partial charge in [-0.1, -0.05) is 24.6 Å². The van der Waals surface area contributed by atoms with Crippen LogP contribution in [0, 0.1) is 0 Å². The minimum absolute atomic E-state index is 0.00697. The summed E-state index contributed by atoms with van der Waals surface area (Å²) in [5, 5.41) is 2.96. The molecule has 6 heteroatoms. The van der Waals surface area contributed by atoms with E-state index in [0.29, 0.717) is 6.54 Å². The molecule has 1 aromatic rings. The molecule has 0 aliphatic heterocycles. The predicted molar refractivity (Wildman–Crippen MR) is 69.5 cm³/mol. The summed E-state index contributed by atoms with van der Waals surface area (Å²) in [7, 11) is 1.55. The molecule has 1 aromatic heterocycles. The molecule has 0 bridgehead atoms. The Morgan fingerprint density at radius 3 is 2.78 bits per heavy atom. The molecule has 0 aliphatic rings. The molecule has 0 fully saturated rings. The standard InChI is InChI=1S/C12H16ClN3O2/c1-3-7-14-11(17)8-16(2)12(18)9-5-4-6-10(13)15-9/h4-6H,3,7-8H2,1-2H3,(H,14,17). The zero-order valence-corrected chi connectivity index (χ0v) is 11.2. The third kappa shape index (κ3) is 4.33. The van der Waals surface area contributed by atoms with Gasteiger partial charge in [0.25, 0.3) is 5.91 Å². The lowest BCUT2D eigenvalue weighted by molar-refractivity contribution is -0.121. The molecule has 1 rings (SSSR count). The van der Waals surface area contributed by atoms with Gasteiger partial charge in [-0.15, -0.1) is 0 Å². The van der Waals surface area contributed by atoms with Crippen LogP contribution < -0.4 is 5.32 Å². The first-order valence-electron chi connectivity index (χ1n) is 5.69. The number of pyridine rings is 1. The minimum Gasteiger partial charge on any atom is -0.355 e. The maximum Gasteiger partial charge on any atom is 0.272 e. The van der Waals surface area contributed by atoms with E-state index in [2.05, 4.69) is 10.3 Å². The van der Waals surface area contributed by atoms with E-state index < -0.39 is 0 Å². The molecule has 0 aliphatic carbocycles. The van der Waals surface area contributed by atoms with Crippen LogP contribution in [-0.4, -0.2) is 41.8 Å². The van der Waals surface area contributed by atoms with Gasteiger partial charge in [0.15, 0.2) is 0 Å². The van der Waals surface area contributed by atoms with E-state index >= 15 is 0 Å². The van der Waals surface area contributed by atoms with Crippen molar-refractivity contribution in [3.05, 3.63) is 29.0 Å². The molecule has 0 unspecified atom stereocenters. The second-order valence-electron chi connectivity index (χ2n) is 3.86. The van der Waals surface area contributed by atoms with Gasteiger partial charge in [-0.25, -0.2) is 4.98 Å². The van der Waals surface area contributed by atoms with Crippen LogP contribution in [0.25, 0.3) is 0 Å². The number of hydrogen-bond acceptors (Lipinski definition) is 3.